The zero-order valence-electron chi connectivity index (χ0n) is 15.3. The highest BCUT2D eigenvalue weighted by Crippen LogP contribution is 2.18. The number of hydrogen-bond donors (Lipinski definition) is 2. The average molecular weight is 325 g/mol. The minimum Gasteiger partial charge on any atom is -0.480 e. The fraction of sp³-hybridized carbons (Fsp3) is 0.133. The normalized spacial score (nSPS) is 13.2. The lowest BCUT2D eigenvalue weighted by atomic mass is 10.3. The predicted octanol–water partition coefficient (Wildman–Crippen LogP) is 1.74. The second-order valence-electron chi connectivity index (χ2n) is 4.97. The topological polar surface area (TPSA) is 106 Å². The van der Waals surface area contributed by atoms with Crippen LogP contribution in [-0.4, -0.2) is 42.0 Å². The molecule has 0 atom stereocenters. The van der Waals surface area contributed by atoms with Crippen LogP contribution in [-0.2, 0) is 6.54 Å². The van der Waals surface area contributed by atoms with Crippen molar-refractivity contribution in [3.8, 4) is 5.88 Å². The molecule has 4 rings (SSSR count). The zero-order chi connectivity index (χ0) is 18.9. The Morgan fingerprint density at radius 2 is 2.38 bits per heavy atom. The van der Waals surface area contributed by atoms with Crippen LogP contribution in [0.4, 0.5) is 11.6 Å². The minimum atomic E-state index is -2.57. The van der Waals surface area contributed by atoms with Gasteiger partial charge in [0.05, 0.1) is 30.1 Å². The standard InChI is InChI=1S/C15H14N8O/c1-24-14-5-12(21-22-14)19-13-8-17-11-7-18-23(15(11)20-13)9-10-3-2-4-16-6-10/h2-8H,9H2,1H3,(H2,19,20,21,22)/i1D3. The predicted molar refractivity (Wildman–Crippen MR) is 87.1 cm³/mol. The van der Waals surface area contributed by atoms with E-state index in [1.807, 2.05) is 12.1 Å². The molecule has 4 aromatic heterocycles. The highest BCUT2D eigenvalue weighted by Gasteiger charge is 2.09. The Hall–Kier alpha value is -3.49. The van der Waals surface area contributed by atoms with Gasteiger partial charge in [-0.05, 0) is 11.6 Å². The molecular weight excluding hydrogens is 308 g/mol. The molecule has 4 heterocycles. The highest BCUT2D eigenvalue weighted by atomic mass is 16.5. The molecule has 0 aliphatic rings. The van der Waals surface area contributed by atoms with Crippen LogP contribution in [0.2, 0.25) is 0 Å². The lowest BCUT2D eigenvalue weighted by Crippen LogP contribution is -2.04. The maximum absolute atomic E-state index is 7.09. The maximum atomic E-state index is 7.09. The van der Waals surface area contributed by atoms with Gasteiger partial charge >= 0.3 is 0 Å². The maximum Gasteiger partial charge on any atom is 0.234 e. The van der Waals surface area contributed by atoms with Gasteiger partial charge in [-0.15, -0.1) is 5.10 Å². The molecule has 0 fully saturated rings. The third-order valence-electron chi connectivity index (χ3n) is 3.32. The molecule has 4 aromatic rings. The van der Waals surface area contributed by atoms with Crippen LogP contribution in [0.3, 0.4) is 0 Å². The van der Waals surface area contributed by atoms with Crippen molar-refractivity contribution in [3.05, 3.63) is 48.5 Å². The molecule has 9 heteroatoms. The molecular formula is C15H14N8O. The van der Waals surface area contributed by atoms with Crippen molar-refractivity contribution in [1.82, 2.24) is 34.9 Å². The highest BCUT2D eigenvalue weighted by molar-refractivity contribution is 5.72. The molecule has 0 bridgehead atoms. The van der Waals surface area contributed by atoms with Gasteiger partial charge in [-0.3, -0.25) is 10.1 Å². The number of anilines is 2. The molecule has 120 valence electrons. The summed E-state index contributed by atoms with van der Waals surface area (Å²) in [6.07, 6.45) is 6.66. The van der Waals surface area contributed by atoms with Crippen LogP contribution >= 0.6 is 0 Å². The van der Waals surface area contributed by atoms with Crippen molar-refractivity contribution in [1.29, 1.82) is 0 Å². The molecule has 0 aliphatic heterocycles. The molecule has 0 saturated heterocycles. The van der Waals surface area contributed by atoms with Crippen LogP contribution in [0.15, 0.2) is 43.0 Å². The first-order valence-corrected chi connectivity index (χ1v) is 7.05. The van der Waals surface area contributed by atoms with E-state index in [9.17, 15) is 0 Å². The third kappa shape index (κ3) is 2.74. The lowest BCUT2D eigenvalue weighted by Gasteiger charge is -2.05. The second-order valence-corrected chi connectivity index (χ2v) is 4.97. The minimum absolute atomic E-state index is 0.0480. The second kappa shape index (κ2) is 5.95. The molecule has 24 heavy (non-hydrogen) atoms. The van der Waals surface area contributed by atoms with Crippen LogP contribution < -0.4 is 10.1 Å². The number of H-pyrrole nitrogens is 1. The summed E-state index contributed by atoms with van der Waals surface area (Å²) in [5, 5.41) is 13.7. The van der Waals surface area contributed by atoms with Crippen LogP contribution in [0.25, 0.3) is 11.2 Å². The number of nitrogens with zero attached hydrogens (tertiary/aromatic N) is 6. The molecule has 0 spiro atoms. The third-order valence-corrected chi connectivity index (χ3v) is 3.32. The Morgan fingerprint density at radius 1 is 1.38 bits per heavy atom. The summed E-state index contributed by atoms with van der Waals surface area (Å²) >= 11 is 0. The van der Waals surface area contributed by atoms with Gasteiger partial charge in [0.25, 0.3) is 0 Å². The van der Waals surface area contributed by atoms with Gasteiger partial charge in [-0.1, -0.05) is 6.07 Å². The molecule has 0 unspecified atom stereocenters. The Balaban J connectivity index is 1.55. The van der Waals surface area contributed by atoms with Gasteiger partial charge in [0.15, 0.2) is 11.5 Å². The van der Waals surface area contributed by atoms with Crippen molar-refractivity contribution in [2.75, 3.05) is 12.4 Å². The number of methoxy groups -OCH3 is 1. The number of rotatable bonds is 5. The average Bonchev–Trinajstić information content (AvgIpc) is 3.21. The van der Waals surface area contributed by atoms with E-state index in [1.165, 1.54) is 6.07 Å². The molecule has 0 aliphatic carbocycles. The SMILES string of the molecule is [2H]C([2H])([2H])Oc1cc(Nc2cnc3cnn(Cc4cccnc4)c3n2)[nH]n1. The number of ether oxygens (including phenoxy) is 1. The first-order chi connectivity index (χ1) is 13.0. The Bertz CT molecular complexity index is 1060. The van der Waals surface area contributed by atoms with Crippen molar-refractivity contribution in [2.45, 2.75) is 6.54 Å². The quantitative estimate of drug-likeness (QED) is 0.575. The summed E-state index contributed by atoms with van der Waals surface area (Å²) in [5.74, 6) is 0.814. The van der Waals surface area contributed by atoms with Gasteiger partial charge in [0.1, 0.15) is 11.3 Å². The summed E-state index contributed by atoms with van der Waals surface area (Å²) in [6, 6.07) is 5.23. The fourth-order valence-electron chi connectivity index (χ4n) is 2.25. The molecule has 0 radical (unpaired) electrons. The number of pyridine rings is 1. The van der Waals surface area contributed by atoms with E-state index in [0.717, 1.165) is 5.56 Å². The van der Waals surface area contributed by atoms with Crippen LogP contribution in [0.5, 0.6) is 5.88 Å². The Kier molecular flexibility index (Phi) is 2.76. The van der Waals surface area contributed by atoms with E-state index in [-0.39, 0.29) is 5.88 Å². The van der Waals surface area contributed by atoms with Crippen LogP contribution in [0.1, 0.15) is 9.68 Å². The summed E-state index contributed by atoms with van der Waals surface area (Å²) in [6.45, 7) is 0.510. The molecule has 0 aromatic carbocycles. The van der Waals surface area contributed by atoms with Gasteiger partial charge < -0.3 is 10.1 Å². The molecule has 0 amide bonds. The number of fused-ring (bicyclic) bond motifs is 1. The van der Waals surface area contributed by atoms with E-state index in [4.69, 9.17) is 8.85 Å². The number of hydrogen-bond acceptors (Lipinski definition) is 7. The van der Waals surface area contributed by atoms with Crippen LogP contribution in [0, 0.1) is 0 Å². The van der Waals surface area contributed by atoms with E-state index < -0.39 is 7.04 Å². The molecule has 2 N–H and O–H groups in total. The van der Waals surface area contributed by atoms with E-state index >= 15 is 0 Å². The zero-order valence-corrected chi connectivity index (χ0v) is 12.3. The van der Waals surface area contributed by atoms with Gasteiger partial charge in [0.2, 0.25) is 5.88 Å². The summed E-state index contributed by atoms with van der Waals surface area (Å²) in [5.41, 5.74) is 2.24. The van der Waals surface area contributed by atoms with E-state index in [0.29, 0.717) is 29.3 Å². The van der Waals surface area contributed by atoms with Crippen molar-refractivity contribution in [3.63, 3.8) is 0 Å². The lowest BCUT2D eigenvalue weighted by molar-refractivity contribution is 0.397. The number of nitrogens with one attached hydrogen (secondary N) is 2. The molecule has 0 saturated carbocycles. The number of aromatic amines is 1. The largest absolute Gasteiger partial charge is 0.480 e. The van der Waals surface area contributed by atoms with E-state index in [1.54, 1.807) is 29.5 Å². The summed E-state index contributed by atoms with van der Waals surface area (Å²) in [4.78, 5) is 12.9. The van der Waals surface area contributed by atoms with Gasteiger partial charge in [-0.25, -0.2) is 14.6 Å². The summed E-state index contributed by atoms with van der Waals surface area (Å²) < 4.78 is 27.7. The first kappa shape index (κ1) is 11.1. The van der Waals surface area contributed by atoms with Gasteiger partial charge in [0, 0.05) is 18.5 Å². The molecule has 9 nitrogen and oxygen atoms in total. The van der Waals surface area contributed by atoms with Crippen molar-refractivity contribution >= 4 is 22.8 Å². The first-order valence-electron chi connectivity index (χ1n) is 8.55. The smallest absolute Gasteiger partial charge is 0.234 e. The monoisotopic (exact) mass is 325 g/mol. The van der Waals surface area contributed by atoms with Crippen molar-refractivity contribution < 1.29 is 8.85 Å². The Morgan fingerprint density at radius 3 is 3.25 bits per heavy atom. The van der Waals surface area contributed by atoms with Crippen molar-refractivity contribution in [2.24, 2.45) is 0 Å². The summed E-state index contributed by atoms with van der Waals surface area (Å²) in [7, 11) is -2.57. The Labute approximate surface area is 140 Å². The fourth-order valence-corrected chi connectivity index (χ4v) is 2.25. The van der Waals surface area contributed by atoms with E-state index in [2.05, 4.69) is 35.6 Å². The number of aromatic nitrogens is 7. The van der Waals surface area contributed by atoms with Gasteiger partial charge in [-0.2, -0.15) is 5.10 Å².